The Bertz CT molecular complexity index is 413. The second-order valence-electron chi connectivity index (χ2n) is 4.33. The fraction of sp³-hybridized carbons (Fsp3) is 0.714. The van der Waals surface area contributed by atoms with Gasteiger partial charge in [-0.25, -0.2) is 14.5 Å². The highest BCUT2D eigenvalue weighted by molar-refractivity contribution is 5.94. The first-order valence-corrected chi connectivity index (χ1v) is 7.60. The van der Waals surface area contributed by atoms with Crippen LogP contribution in [0.4, 0.5) is 9.59 Å². The summed E-state index contributed by atoms with van der Waals surface area (Å²) in [6, 6.07) is -1.31. The molecule has 0 aromatic heterocycles. The summed E-state index contributed by atoms with van der Waals surface area (Å²) in [5.41, 5.74) is 0. The Hall–Kier alpha value is -2.32. The number of hydrogen-bond donors (Lipinski definition) is 2. The van der Waals surface area contributed by atoms with Gasteiger partial charge in [0.25, 0.3) is 0 Å². The number of carbonyl (C=O) groups excluding carboxylic acids is 4. The maximum Gasteiger partial charge on any atom is 0.325 e. The summed E-state index contributed by atoms with van der Waals surface area (Å²) in [6.45, 7) is 5.81. The van der Waals surface area contributed by atoms with E-state index in [0.717, 1.165) is 4.90 Å². The van der Waals surface area contributed by atoms with Crippen molar-refractivity contribution in [1.82, 2.24) is 15.5 Å². The molecule has 9 heteroatoms. The monoisotopic (exact) mass is 331 g/mol. The van der Waals surface area contributed by atoms with Crippen LogP contribution in [0, 0.1) is 0 Å². The number of carbonyl (C=O) groups is 4. The number of rotatable bonds is 9. The highest BCUT2D eigenvalue weighted by Gasteiger charge is 2.22. The van der Waals surface area contributed by atoms with Crippen LogP contribution in [0.15, 0.2) is 0 Å². The predicted octanol–water partition coefficient (Wildman–Crippen LogP) is 0.634. The van der Waals surface area contributed by atoms with Gasteiger partial charge in [0.05, 0.1) is 26.1 Å². The molecule has 0 spiro atoms. The fourth-order valence-corrected chi connectivity index (χ4v) is 1.58. The molecular weight excluding hydrogens is 306 g/mol. The SMILES string of the molecule is CCNC(=O)N(CCC(=O)OCC)C(=O)NCCC(=O)OCC. The number of ether oxygens (including phenoxy) is 2. The van der Waals surface area contributed by atoms with Crippen molar-refractivity contribution in [3.63, 3.8) is 0 Å². The molecule has 0 aliphatic heterocycles. The van der Waals surface area contributed by atoms with Gasteiger partial charge in [-0.1, -0.05) is 0 Å². The maximum absolute atomic E-state index is 12.0. The molecule has 0 saturated carbocycles. The molecule has 0 aliphatic rings. The van der Waals surface area contributed by atoms with Crippen molar-refractivity contribution in [2.24, 2.45) is 0 Å². The molecule has 0 aliphatic carbocycles. The summed E-state index contributed by atoms with van der Waals surface area (Å²) in [7, 11) is 0. The summed E-state index contributed by atoms with van der Waals surface area (Å²) in [5.74, 6) is -0.940. The molecule has 9 nitrogen and oxygen atoms in total. The normalized spacial score (nSPS) is 9.70. The minimum absolute atomic E-state index is 0.000688. The van der Waals surface area contributed by atoms with Crippen molar-refractivity contribution < 1.29 is 28.7 Å². The van der Waals surface area contributed by atoms with E-state index in [1.54, 1.807) is 20.8 Å². The van der Waals surface area contributed by atoms with E-state index in [4.69, 9.17) is 9.47 Å². The number of esters is 2. The number of nitrogens with one attached hydrogen (secondary N) is 2. The summed E-state index contributed by atoms with van der Waals surface area (Å²) in [6.07, 6.45) is -0.100. The van der Waals surface area contributed by atoms with E-state index in [9.17, 15) is 19.2 Å². The van der Waals surface area contributed by atoms with Crippen LogP contribution >= 0.6 is 0 Å². The van der Waals surface area contributed by atoms with Crippen molar-refractivity contribution in [1.29, 1.82) is 0 Å². The van der Waals surface area contributed by atoms with E-state index < -0.39 is 24.0 Å². The zero-order valence-corrected chi connectivity index (χ0v) is 13.8. The minimum Gasteiger partial charge on any atom is -0.466 e. The van der Waals surface area contributed by atoms with Gasteiger partial charge in [0.2, 0.25) is 0 Å². The van der Waals surface area contributed by atoms with Crippen LogP contribution < -0.4 is 10.6 Å². The molecule has 0 atom stereocenters. The summed E-state index contributed by atoms with van der Waals surface area (Å²) in [4.78, 5) is 47.3. The average Bonchev–Trinajstić information content (AvgIpc) is 2.48. The third-order valence-electron chi connectivity index (χ3n) is 2.57. The maximum atomic E-state index is 12.0. The molecule has 23 heavy (non-hydrogen) atoms. The van der Waals surface area contributed by atoms with Crippen LogP contribution in [0.1, 0.15) is 33.6 Å². The van der Waals surface area contributed by atoms with E-state index in [0.29, 0.717) is 6.54 Å². The molecule has 0 heterocycles. The Balaban J connectivity index is 4.47. The van der Waals surface area contributed by atoms with Crippen molar-refractivity contribution in [2.75, 3.05) is 32.8 Å². The molecule has 0 bridgehead atoms. The molecule has 2 N–H and O–H groups in total. The first-order valence-electron chi connectivity index (χ1n) is 7.60. The topological polar surface area (TPSA) is 114 Å². The number of hydrogen-bond acceptors (Lipinski definition) is 6. The lowest BCUT2D eigenvalue weighted by atomic mass is 10.4. The average molecular weight is 331 g/mol. The molecular formula is C14H25N3O6. The standard InChI is InChI=1S/C14H25N3O6/c1-4-15-13(20)17(10-8-12(19)23-6-3)14(21)16-9-7-11(18)22-5-2/h4-10H2,1-3H3,(H,15,20)(H,16,21). The van der Waals surface area contributed by atoms with Crippen LogP contribution in [-0.4, -0.2) is 61.7 Å². The summed E-state index contributed by atoms with van der Waals surface area (Å²) in [5, 5.41) is 4.92. The Morgan fingerprint density at radius 3 is 1.87 bits per heavy atom. The van der Waals surface area contributed by atoms with Gasteiger partial charge in [-0.05, 0) is 20.8 Å². The van der Waals surface area contributed by atoms with Gasteiger partial charge in [0, 0.05) is 19.6 Å². The third-order valence-corrected chi connectivity index (χ3v) is 2.57. The van der Waals surface area contributed by atoms with Gasteiger partial charge < -0.3 is 20.1 Å². The van der Waals surface area contributed by atoms with Crippen molar-refractivity contribution in [3.05, 3.63) is 0 Å². The summed E-state index contributed by atoms with van der Waals surface area (Å²) >= 11 is 0. The Labute approximate surface area is 135 Å². The van der Waals surface area contributed by atoms with E-state index in [1.165, 1.54) is 0 Å². The lowest BCUT2D eigenvalue weighted by Gasteiger charge is -2.21. The molecule has 0 saturated heterocycles. The Morgan fingerprint density at radius 2 is 1.35 bits per heavy atom. The lowest BCUT2D eigenvalue weighted by molar-refractivity contribution is -0.143. The smallest absolute Gasteiger partial charge is 0.325 e. The second kappa shape index (κ2) is 12.2. The van der Waals surface area contributed by atoms with E-state index in [-0.39, 0.29) is 39.1 Å². The minimum atomic E-state index is -0.690. The highest BCUT2D eigenvalue weighted by Crippen LogP contribution is 1.97. The molecule has 132 valence electrons. The fourth-order valence-electron chi connectivity index (χ4n) is 1.58. The second-order valence-corrected chi connectivity index (χ2v) is 4.33. The van der Waals surface area contributed by atoms with Gasteiger partial charge >= 0.3 is 24.0 Å². The molecule has 0 unspecified atom stereocenters. The van der Waals surface area contributed by atoms with E-state index >= 15 is 0 Å². The quantitative estimate of drug-likeness (QED) is 0.599. The summed E-state index contributed by atoms with van der Waals surface area (Å²) < 4.78 is 9.49. The molecule has 0 radical (unpaired) electrons. The van der Waals surface area contributed by atoms with E-state index in [1.807, 2.05) is 0 Å². The molecule has 0 aromatic rings. The molecule has 0 aromatic carbocycles. The van der Waals surface area contributed by atoms with Crippen LogP contribution in [0.5, 0.6) is 0 Å². The zero-order chi connectivity index (χ0) is 17.7. The Kier molecular flexibility index (Phi) is 11.0. The van der Waals surface area contributed by atoms with Gasteiger partial charge in [0.1, 0.15) is 0 Å². The zero-order valence-electron chi connectivity index (χ0n) is 13.8. The predicted molar refractivity (Wildman–Crippen MR) is 81.7 cm³/mol. The molecule has 0 rings (SSSR count). The van der Waals surface area contributed by atoms with Crippen LogP contribution in [0.3, 0.4) is 0 Å². The van der Waals surface area contributed by atoms with Crippen LogP contribution in [-0.2, 0) is 19.1 Å². The van der Waals surface area contributed by atoms with Gasteiger partial charge in [-0.15, -0.1) is 0 Å². The first-order chi connectivity index (χ1) is 11.0. The molecule has 0 fully saturated rings. The first kappa shape index (κ1) is 20.7. The lowest BCUT2D eigenvalue weighted by Crippen LogP contribution is -2.49. The highest BCUT2D eigenvalue weighted by atomic mass is 16.5. The van der Waals surface area contributed by atoms with Crippen molar-refractivity contribution >= 4 is 24.0 Å². The number of urea groups is 2. The van der Waals surface area contributed by atoms with E-state index in [2.05, 4.69) is 10.6 Å². The van der Waals surface area contributed by atoms with Crippen molar-refractivity contribution in [3.8, 4) is 0 Å². The number of imide groups is 1. The number of nitrogens with zero attached hydrogens (tertiary/aromatic N) is 1. The van der Waals surface area contributed by atoms with Gasteiger partial charge in [-0.3, -0.25) is 9.59 Å². The van der Waals surface area contributed by atoms with Gasteiger partial charge in [-0.2, -0.15) is 0 Å². The number of amides is 4. The van der Waals surface area contributed by atoms with Crippen LogP contribution in [0.2, 0.25) is 0 Å². The Morgan fingerprint density at radius 1 is 0.826 bits per heavy atom. The largest absolute Gasteiger partial charge is 0.466 e. The third kappa shape index (κ3) is 9.33. The van der Waals surface area contributed by atoms with Gasteiger partial charge in [0.15, 0.2) is 0 Å². The van der Waals surface area contributed by atoms with Crippen LogP contribution in [0.25, 0.3) is 0 Å². The molecule has 4 amide bonds. The van der Waals surface area contributed by atoms with Crippen molar-refractivity contribution in [2.45, 2.75) is 33.6 Å².